The third-order valence-corrected chi connectivity index (χ3v) is 5.68. The van der Waals surface area contributed by atoms with Crippen LogP contribution in [0, 0.1) is 5.92 Å². The van der Waals surface area contributed by atoms with Crippen LogP contribution < -0.4 is 5.32 Å². The number of piperidine rings is 1. The molecule has 1 unspecified atom stereocenters. The Bertz CT molecular complexity index is 534. The minimum atomic E-state index is -0.0567. The van der Waals surface area contributed by atoms with Gasteiger partial charge in [-0.05, 0) is 56.3 Å². The zero-order valence-corrected chi connectivity index (χ0v) is 14.6. The molecule has 126 valence electrons. The summed E-state index contributed by atoms with van der Waals surface area (Å²) in [6, 6.07) is 9.18. The fourth-order valence-corrected chi connectivity index (χ4v) is 4.34. The lowest BCUT2D eigenvalue weighted by Gasteiger charge is -2.40. The number of fused-ring (bicyclic) bond motifs is 2. The van der Waals surface area contributed by atoms with Gasteiger partial charge in [0.15, 0.2) is 0 Å². The van der Waals surface area contributed by atoms with E-state index in [2.05, 4.69) is 17.3 Å². The number of methoxy groups -OCH3 is 1. The number of carbonyl (C=O) groups excluding carboxylic acids is 1. The summed E-state index contributed by atoms with van der Waals surface area (Å²) in [4.78, 5) is 14.6. The molecular formula is C18H25ClN2O2. The first-order chi connectivity index (χ1) is 11.1. The van der Waals surface area contributed by atoms with Crippen LogP contribution in [0.25, 0.3) is 0 Å². The number of hydrogen-bond acceptors (Lipinski definition) is 3. The molecule has 2 bridgehead atoms. The Morgan fingerprint density at radius 3 is 2.48 bits per heavy atom. The Hall–Kier alpha value is -1.10. The molecule has 2 aliphatic heterocycles. The van der Waals surface area contributed by atoms with Gasteiger partial charge in [0, 0.05) is 24.2 Å². The van der Waals surface area contributed by atoms with E-state index in [1.54, 1.807) is 7.11 Å². The molecule has 2 saturated heterocycles. The summed E-state index contributed by atoms with van der Waals surface area (Å²) in [7, 11) is 3.78. The van der Waals surface area contributed by atoms with E-state index in [0.717, 1.165) is 23.4 Å². The summed E-state index contributed by atoms with van der Waals surface area (Å²) in [6.45, 7) is 0.101. The van der Waals surface area contributed by atoms with Gasteiger partial charge in [0.05, 0.1) is 6.04 Å². The van der Waals surface area contributed by atoms with E-state index in [1.807, 2.05) is 24.3 Å². The van der Waals surface area contributed by atoms with E-state index >= 15 is 0 Å². The largest absolute Gasteiger partial charge is 0.375 e. The second kappa shape index (κ2) is 7.20. The topological polar surface area (TPSA) is 41.6 Å². The Kier molecular flexibility index (Phi) is 5.24. The number of ether oxygens (including phenoxy) is 1. The summed E-state index contributed by atoms with van der Waals surface area (Å²) in [5.41, 5.74) is 1.13. The van der Waals surface area contributed by atoms with Crippen LogP contribution in [-0.2, 0) is 9.53 Å². The van der Waals surface area contributed by atoms with Crippen molar-refractivity contribution in [1.29, 1.82) is 0 Å². The van der Waals surface area contributed by atoms with Crippen LogP contribution in [-0.4, -0.2) is 43.7 Å². The number of carbonyl (C=O) groups is 1. The second-order valence-electron chi connectivity index (χ2n) is 6.81. The number of halogens is 1. The van der Waals surface area contributed by atoms with Crippen LogP contribution in [0.3, 0.4) is 0 Å². The molecule has 0 aromatic heterocycles. The molecule has 4 nitrogen and oxygen atoms in total. The third kappa shape index (κ3) is 3.70. The van der Waals surface area contributed by atoms with Crippen LogP contribution in [0.1, 0.15) is 37.3 Å². The number of hydrogen-bond donors (Lipinski definition) is 1. The van der Waals surface area contributed by atoms with Crippen LogP contribution in [0.4, 0.5) is 0 Å². The molecule has 23 heavy (non-hydrogen) atoms. The molecule has 2 aliphatic rings. The smallest absolute Gasteiger partial charge is 0.246 e. The maximum atomic E-state index is 12.1. The Balaban J connectivity index is 1.80. The lowest BCUT2D eigenvalue weighted by Crippen LogP contribution is -2.45. The van der Waals surface area contributed by atoms with Gasteiger partial charge in [-0.25, -0.2) is 0 Å². The first-order valence-electron chi connectivity index (χ1n) is 8.34. The van der Waals surface area contributed by atoms with Gasteiger partial charge in [-0.15, -0.1) is 0 Å². The van der Waals surface area contributed by atoms with E-state index in [1.165, 1.54) is 12.8 Å². The van der Waals surface area contributed by atoms with Crippen molar-refractivity contribution in [1.82, 2.24) is 10.2 Å². The molecule has 5 heteroatoms. The van der Waals surface area contributed by atoms with Gasteiger partial charge in [-0.1, -0.05) is 23.7 Å². The highest BCUT2D eigenvalue weighted by molar-refractivity contribution is 6.30. The fraction of sp³-hybridized carbons (Fsp3) is 0.611. The standard InChI is InChI=1S/C18H25ClN2O2/c1-21-15-7-8-16(21)10-13(9-15)18(20-17(22)11-23-2)12-3-5-14(19)6-4-12/h3-6,13,15-16,18H,7-11H2,1-2H3,(H,20,22)/t13?,15-,16+,18-/m0/s1. The molecule has 0 spiro atoms. The molecule has 2 heterocycles. The summed E-state index contributed by atoms with van der Waals surface area (Å²) in [5.74, 6) is 0.407. The van der Waals surface area contributed by atoms with Crippen molar-refractivity contribution in [3.63, 3.8) is 0 Å². The molecule has 0 radical (unpaired) electrons. The second-order valence-corrected chi connectivity index (χ2v) is 7.25. The normalized spacial score (nSPS) is 28.6. The van der Waals surface area contributed by atoms with Crippen molar-refractivity contribution in [2.24, 2.45) is 5.92 Å². The van der Waals surface area contributed by atoms with Crippen LogP contribution in [0.2, 0.25) is 5.02 Å². The van der Waals surface area contributed by atoms with Gasteiger partial charge in [-0.3, -0.25) is 4.79 Å². The predicted molar refractivity (Wildman–Crippen MR) is 91.5 cm³/mol. The van der Waals surface area contributed by atoms with E-state index in [4.69, 9.17) is 16.3 Å². The number of nitrogens with zero attached hydrogens (tertiary/aromatic N) is 1. The minimum Gasteiger partial charge on any atom is -0.375 e. The zero-order valence-electron chi connectivity index (χ0n) is 13.8. The number of nitrogens with one attached hydrogen (secondary N) is 1. The number of rotatable bonds is 5. The lowest BCUT2D eigenvalue weighted by atomic mass is 9.82. The molecule has 1 N–H and O–H groups in total. The van der Waals surface area contributed by atoms with E-state index in [0.29, 0.717) is 18.0 Å². The molecule has 3 rings (SSSR count). The van der Waals surface area contributed by atoms with Gasteiger partial charge in [-0.2, -0.15) is 0 Å². The van der Waals surface area contributed by atoms with Crippen LogP contribution in [0.5, 0.6) is 0 Å². The van der Waals surface area contributed by atoms with Gasteiger partial charge in [0.2, 0.25) is 5.91 Å². The van der Waals surface area contributed by atoms with Crippen molar-refractivity contribution in [2.75, 3.05) is 20.8 Å². The molecule has 1 aromatic carbocycles. The Labute approximate surface area is 143 Å². The maximum Gasteiger partial charge on any atom is 0.246 e. The van der Waals surface area contributed by atoms with Crippen molar-refractivity contribution < 1.29 is 9.53 Å². The summed E-state index contributed by atoms with van der Waals surface area (Å²) < 4.78 is 4.98. The van der Waals surface area contributed by atoms with Crippen molar-refractivity contribution in [3.05, 3.63) is 34.9 Å². The highest BCUT2D eigenvalue weighted by atomic mass is 35.5. The SMILES string of the molecule is COCC(=O)N[C@@H](c1ccc(Cl)cc1)C1C[C@H]2CC[C@@H](C1)N2C. The molecule has 2 fully saturated rings. The Morgan fingerprint density at radius 2 is 1.91 bits per heavy atom. The average Bonchev–Trinajstić information content (AvgIpc) is 2.75. The summed E-state index contributed by atoms with van der Waals surface area (Å²) >= 11 is 6.02. The van der Waals surface area contributed by atoms with Crippen molar-refractivity contribution in [3.8, 4) is 0 Å². The highest BCUT2D eigenvalue weighted by Crippen LogP contribution is 2.42. The van der Waals surface area contributed by atoms with E-state index < -0.39 is 0 Å². The van der Waals surface area contributed by atoms with Crippen LogP contribution in [0.15, 0.2) is 24.3 Å². The molecule has 1 aromatic rings. The zero-order chi connectivity index (χ0) is 16.4. The fourth-order valence-electron chi connectivity index (χ4n) is 4.22. The third-order valence-electron chi connectivity index (χ3n) is 5.43. The van der Waals surface area contributed by atoms with Gasteiger partial charge in [0.1, 0.15) is 6.61 Å². The summed E-state index contributed by atoms with van der Waals surface area (Å²) in [6.07, 6.45) is 4.81. The van der Waals surface area contributed by atoms with E-state index in [9.17, 15) is 4.79 Å². The van der Waals surface area contributed by atoms with Crippen molar-refractivity contribution >= 4 is 17.5 Å². The first-order valence-corrected chi connectivity index (χ1v) is 8.72. The Morgan fingerprint density at radius 1 is 1.30 bits per heavy atom. The number of benzene rings is 1. The monoisotopic (exact) mass is 336 g/mol. The first kappa shape index (κ1) is 16.7. The molecule has 1 amide bonds. The van der Waals surface area contributed by atoms with Crippen molar-refractivity contribution in [2.45, 2.75) is 43.8 Å². The molecular weight excluding hydrogens is 312 g/mol. The lowest BCUT2D eigenvalue weighted by molar-refractivity contribution is -0.126. The summed E-state index contributed by atoms with van der Waals surface area (Å²) in [5, 5.41) is 3.90. The molecule has 4 atom stereocenters. The molecule has 0 saturated carbocycles. The highest BCUT2D eigenvalue weighted by Gasteiger charge is 2.41. The van der Waals surface area contributed by atoms with Gasteiger partial charge >= 0.3 is 0 Å². The quantitative estimate of drug-likeness (QED) is 0.898. The number of amides is 1. The van der Waals surface area contributed by atoms with Gasteiger partial charge < -0.3 is 15.0 Å². The average molecular weight is 337 g/mol. The van der Waals surface area contributed by atoms with E-state index in [-0.39, 0.29) is 18.6 Å². The minimum absolute atomic E-state index is 0.0340. The van der Waals surface area contributed by atoms with Gasteiger partial charge in [0.25, 0.3) is 0 Å². The molecule has 0 aliphatic carbocycles. The maximum absolute atomic E-state index is 12.1. The van der Waals surface area contributed by atoms with Crippen LogP contribution >= 0.6 is 11.6 Å². The predicted octanol–water partition coefficient (Wildman–Crippen LogP) is 3.02.